The van der Waals surface area contributed by atoms with Crippen LogP contribution < -0.4 is 21.1 Å². The molecule has 0 saturated heterocycles. The van der Waals surface area contributed by atoms with Gasteiger partial charge >= 0.3 is 0 Å². The molecule has 0 aliphatic heterocycles. The number of rotatable bonds is 15. The second-order valence-electron chi connectivity index (χ2n) is 8.90. The molecule has 202 valence electrons. The van der Waals surface area contributed by atoms with Gasteiger partial charge in [0.05, 0.1) is 5.75 Å². The largest absolute Gasteiger partial charge is 0.384 e. The van der Waals surface area contributed by atoms with E-state index in [1.54, 1.807) is 73.3 Å². The van der Waals surface area contributed by atoms with Gasteiger partial charge in [-0.2, -0.15) is 11.8 Å². The van der Waals surface area contributed by atoms with Crippen LogP contribution in [0.1, 0.15) is 43.4 Å². The van der Waals surface area contributed by atoms with E-state index in [2.05, 4.69) is 15.4 Å². The third-order valence-electron chi connectivity index (χ3n) is 5.98. The molecule has 2 aromatic carbocycles. The Morgan fingerprint density at radius 2 is 1.68 bits per heavy atom. The maximum absolute atomic E-state index is 13.3. The number of hydrogen-bond acceptors (Lipinski definition) is 6. The van der Waals surface area contributed by atoms with E-state index in [1.165, 1.54) is 0 Å². The second kappa shape index (κ2) is 14.7. The number of nitrogens with one attached hydrogen (secondary N) is 4. The molecule has 0 saturated carbocycles. The molecule has 9 nitrogen and oxygen atoms in total. The van der Waals surface area contributed by atoms with Gasteiger partial charge in [-0.3, -0.25) is 15.0 Å². The van der Waals surface area contributed by atoms with Crippen LogP contribution in [0.15, 0.2) is 54.6 Å². The van der Waals surface area contributed by atoms with Crippen molar-refractivity contribution in [2.75, 3.05) is 12.0 Å². The molecule has 0 bridgehead atoms. The molecular formula is C26H37N5O4S2. The van der Waals surface area contributed by atoms with Gasteiger partial charge in [0.2, 0.25) is 21.8 Å². The summed E-state index contributed by atoms with van der Waals surface area (Å²) in [5, 5.41) is 13.1. The summed E-state index contributed by atoms with van der Waals surface area (Å²) in [6.45, 7) is 3.92. The molecule has 0 heterocycles. The van der Waals surface area contributed by atoms with Crippen LogP contribution in [0.3, 0.4) is 0 Å². The van der Waals surface area contributed by atoms with E-state index in [1.807, 2.05) is 13.2 Å². The highest BCUT2D eigenvalue weighted by molar-refractivity contribution is 7.98. The molecule has 0 aromatic heterocycles. The Balaban J connectivity index is 2.10. The summed E-state index contributed by atoms with van der Waals surface area (Å²) in [5.74, 6) is -0.807. The average Bonchev–Trinajstić information content (AvgIpc) is 2.88. The lowest BCUT2D eigenvalue weighted by atomic mass is 9.99. The Morgan fingerprint density at radius 1 is 1.03 bits per heavy atom. The van der Waals surface area contributed by atoms with Gasteiger partial charge in [0, 0.05) is 12.1 Å². The first-order valence-corrected chi connectivity index (χ1v) is 15.1. The van der Waals surface area contributed by atoms with Crippen molar-refractivity contribution in [3.63, 3.8) is 0 Å². The number of nitrogens with two attached hydrogens (primary N) is 1. The molecule has 0 fully saturated rings. The number of carbonyl (C=O) groups excluding carboxylic acids is 2. The number of amides is 2. The van der Waals surface area contributed by atoms with Crippen LogP contribution in [0.2, 0.25) is 0 Å². The van der Waals surface area contributed by atoms with Gasteiger partial charge in [0.15, 0.2) is 0 Å². The molecule has 0 aliphatic rings. The molecule has 0 spiro atoms. The SMILES string of the molecule is CC[C@@H](C)[C@@H](NS(=O)(=O)Cc1ccccc1)C(=O)N[C@@H](CCSC)C(=O)NCc1ccc(C(=N)N)cc1. The van der Waals surface area contributed by atoms with Gasteiger partial charge in [-0.1, -0.05) is 74.9 Å². The molecule has 6 N–H and O–H groups in total. The lowest BCUT2D eigenvalue weighted by Crippen LogP contribution is -2.55. The highest BCUT2D eigenvalue weighted by Gasteiger charge is 2.31. The Hall–Kier alpha value is -2.89. The first-order valence-electron chi connectivity index (χ1n) is 12.1. The number of benzene rings is 2. The zero-order valence-corrected chi connectivity index (χ0v) is 23.1. The monoisotopic (exact) mass is 547 g/mol. The van der Waals surface area contributed by atoms with Crippen molar-refractivity contribution < 1.29 is 18.0 Å². The van der Waals surface area contributed by atoms with Gasteiger partial charge in [-0.15, -0.1) is 0 Å². The second-order valence-corrected chi connectivity index (χ2v) is 11.6. The summed E-state index contributed by atoms with van der Waals surface area (Å²) in [5.41, 5.74) is 7.50. The molecule has 3 atom stereocenters. The molecule has 0 radical (unpaired) electrons. The van der Waals surface area contributed by atoms with Crippen LogP contribution in [-0.4, -0.2) is 50.2 Å². The fourth-order valence-corrected chi connectivity index (χ4v) is 5.49. The van der Waals surface area contributed by atoms with Crippen LogP contribution in [0.5, 0.6) is 0 Å². The van der Waals surface area contributed by atoms with Crippen LogP contribution >= 0.6 is 11.8 Å². The van der Waals surface area contributed by atoms with Crippen molar-refractivity contribution in [1.29, 1.82) is 5.41 Å². The quantitative estimate of drug-likeness (QED) is 0.170. The zero-order chi connectivity index (χ0) is 27.4. The smallest absolute Gasteiger partial charge is 0.242 e. The molecular weight excluding hydrogens is 510 g/mol. The molecule has 11 heteroatoms. The Kier molecular flexibility index (Phi) is 12.1. The van der Waals surface area contributed by atoms with Crippen LogP contribution in [0.25, 0.3) is 0 Å². The fourth-order valence-electron chi connectivity index (χ4n) is 3.57. The highest BCUT2D eigenvalue weighted by atomic mass is 32.2. The molecule has 2 amide bonds. The Labute approximate surface area is 223 Å². The lowest BCUT2D eigenvalue weighted by molar-refractivity contribution is -0.130. The number of sulfonamides is 1. The first kappa shape index (κ1) is 30.3. The van der Waals surface area contributed by atoms with Crippen LogP contribution in [-0.2, 0) is 31.9 Å². The molecule has 0 unspecified atom stereocenters. The van der Waals surface area contributed by atoms with Crippen LogP contribution in [0, 0.1) is 11.3 Å². The third-order valence-corrected chi connectivity index (χ3v) is 7.95. The standard InChI is InChI=1S/C26H37N5O4S2/c1-4-18(2)23(31-37(34,35)17-20-8-6-5-7-9-20)26(33)30-22(14-15-36-3)25(32)29-16-19-10-12-21(13-11-19)24(27)28/h5-13,18,22-23,31H,4,14-17H2,1-3H3,(H3,27,28)(H,29,32)(H,30,33)/t18-,22+,23-/m1/s1. The summed E-state index contributed by atoms with van der Waals surface area (Å²) in [6, 6.07) is 13.9. The van der Waals surface area contributed by atoms with E-state index < -0.39 is 28.0 Å². The van der Waals surface area contributed by atoms with Gasteiger partial charge in [-0.25, -0.2) is 13.1 Å². The molecule has 2 rings (SSSR count). The first-order chi connectivity index (χ1) is 17.6. The van der Waals surface area contributed by atoms with Crippen molar-refractivity contribution in [2.24, 2.45) is 11.7 Å². The van der Waals surface area contributed by atoms with E-state index in [-0.39, 0.29) is 30.0 Å². The van der Waals surface area contributed by atoms with Gasteiger partial charge in [0.1, 0.15) is 17.9 Å². The molecule has 2 aromatic rings. The molecule has 0 aliphatic carbocycles. The average molecular weight is 548 g/mol. The minimum Gasteiger partial charge on any atom is -0.384 e. The summed E-state index contributed by atoms with van der Waals surface area (Å²) < 4.78 is 28.3. The van der Waals surface area contributed by atoms with E-state index >= 15 is 0 Å². The number of carbonyl (C=O) groups is 2. The predicted molar refractivity (Wildman–Crippen MR) is 150 cm³/mol. The molecule has 37 heavy (non-hydrogen) atoms. The summed E-state index contributed by atoms with van der Waals surface area (Å²) in [7, 11) is -3.80. The predicted octanol–water partition coefficient (Wildman–Crippen LogP) is 2.36. The van der Waals surface area contributed by atoms with Gasteiger partial charge < -0.3 is 16.4 Å². The third kappa shape index (κ3) is 10.2. The van der Waals surface area contributed by atoms with Crippen LogP contribution in [0.4, 0.5) is 0 Å². The minimum absolute atomic E-state index is 0.0364. The normalized spacial score (nSPS) is 13.8. The summed E-state index contributed by atoms with van der Waals surface area (Å²) >= 11 is 1.55. The number of nitrogen functional groups attached to an aromatic ring is 1. The number of amidine groups is 1. The van der Waals surface area contributed by atoms with Crippen molar-refractivity contribution in [3.05, 3.63) is 71.3 Å². The maximum Gasteiger partial charge on any atom is 0.242 e. The van der Waals surface area contributed by atoms with Crippen molar-refractivity contribution in [1.82, 2.24) is 15.4 Å². The number of hydrogen-bond donors (Lipinski definition) is 5. The topological polar surface area (TPSA) is 154 Å². The van der Waals surface area contributed by atoms with E-state index in [9.17, 15) is 18.0 Å². The van der Waals surface area contributed by atoms with Crippen molar-refractivity contribution >= 4 is 39.4 Å². The van der Waals surface area contributed by atoms with E-state index in [0.29, 0.717) is 29.7 Å². The Morgan fingerprint density at radius 3 is 2.24 bits per heavy atom. The lowest BCUT2D eigenvalue weighted by Gasteiger charge is -2.26. The Bertz CT molecular complexity index is 1140. The van der Waals surface area contributed by atoms with Crippen molar-refractivity contribution in [2.45, 2.75) is 51.1 Å². The summed E-state index contributed by atoms with van der Waals surface area (Å²) in [6.07, 6.45) is 2.88. The van der Waals surface area contributed by atoms with E-state index in [4.69, 9.17) is 11.1 Å². The van der Waals surface area contributed by atoms with E-state index in [0.717, 1.165) is 5.56 Å². The fraction of sp³-hybridized carbons (Fsp3) is 0.423. The zero-order valence-electron chi connectivity index (χ0n) is 21.5. The van der Waals surface area contributed by atoms with Crippen molar-refractivity contribution in [3.8, 4) is 0 Å². The van der Waals surface area contributed by atoms with Gasteiger partial charge in [0.25, 0.3) is 0 Å². The number of thioether (sulfide) groups is 1. The maximum atomic E-state index is 13.3. The van der Waals surface area contributed by atoms with Gasteiger partial charge in [-0.05, 0) is 35.5 Å². The minimum atomic E-state index is -3.80. The summed E-state index contributed by atoms with van der Waals surface area (Å²) in [4.78, 5) is 26.3. The highest BCUT2D eigenvalue weighted by Crippen LogP contribution is 2.13.